The van der Waals surface area contributed by atoms with Gasteiger partial charge in [-0.25, -0.2) is 4.39 Å². The molecule has 3 aliphatic rings. The first-order chi connectivity index (χ1) is 18.0. The van der Waals surface area contributed by atoms with Crippen LogP contribution in [0, 0.1) is 5.82 Å². The number of dihydropyridines is 1. The minimum absolute atomic E-state index is 0.0984. The average Bonchev–Trinajstić information content (AvgIpc) is 3.34. The van der Waals surface area contributed by atoms with Crippen molar-refractivity contribution in [2.45, 2.75) is 50.7 Å². The van der Waals surface area contributed by atoms with E-state index >= 15 is 4.39 Å². The molecule has 0 radical (unpaired) electrons. The van der Waals surface area contributed by atoms with Crippen LogP contribution >= 0.6 is 0 Å². The van der Waals surface area contributed by atoms with Gasteiger partial charge < -0.3 is 19.5 Å². The number of nitrogens with one attached hydrogen (secondary N) is 1. The Hall–Kier alpha value is -3.13. The van der Waals surface area contributed by atoms with E-state index in [1.807, 2.05) is 42.5 Å². The number of hydrogen-bond acceptors (Lipinski definition) is 6. The second-order valence-corrected chi connectivity index (χ2v) is 11.3. The highest BCUT2D eigenvalue weighted by Gasteiger charge is 2.31. The molecule has 0 spiro atoms. The fraction of sp³-hybridized carbons (Fsp3) is 0.414. The largest absolute Gasteiger partial charge is 0.486 e. The number of halogens is 1. The van der Waals surface area contributed by atoms with Gasteiger partial charge in [0.25, 0.3) is 0 Å². The van der Waals surface area contributed by atoms with Crippen molar-refractivity contribution in [2.75, 3.05) is 25.2 Å². The van der Waals surface area contributed by atoms with Crippen molar-refractivity contribution in [3.8, 4) is 5.75 Å². The topological polar surface area (TPSA) is 73.9 Å². The van der Waals surface area contributed by atoms with Gasteiger partial charge in [0.15, 0.2) is 5.88 Å². The maximum absolute atomic E-state index is 15.0. The fourth-order valence-corrected chi connectivity index (χ4v) is 6.41. The molecule has 37 heavy (non-hydrogen) atoms. The molecule has 1 aliphatic carbocycles. The van der Waals surface area contributed by atoms with E-state index in [1.54, 1.807) is 0 Å². The molecule has 0 bridgehead atoms. The van der Waals surface area contributed by atoms with Gasteiger partial charge in [0.1, 0.15) is 23.8 Å². The Balaban J connectivity index is 1.26. The van der Waals surface area contributed by atoms with Crippen LogP contribution in [-0.2, 0) is 37.9 Å². The summed E-state index contributed by atoms with van der Waals surface area (Å²) in [5.41, 5.74) is 4.78. The number of hydrogen-bond donors (Lipinski definition) is 1. The molecule has 1 atom stereocenters. The lowest BCUT2D eigenvalue weighted by Gasteiger charge is -2.26. The molecule has 0 amide bonds. The summed E-state index contributed by atoms with van der Waals surface area (Å²) >= 11 is 0. The van der Waals surface area contributed by atoms with E-state index in [1.165, 1.54) is 13.2 Å². The van der Waals surface area contributed by atoms with Crippen LogP contribution in [0.1, 0.15) is 54.0 Å². The summed E-state index contributed by atoms with van der Waals surface area (Å²) in [6.45, 7) is 0.598. The van der Waals surface area contributed by atoms with Crippen LogP contribution in [0.2, 0.25) is 0 Å². The van der Waals surface area contributed by atoms with Gasteiger partial charge in [0, 0.05) is 40.8 Å². The molecule has 0 unspecified atom stereocenters. The third-order valence-corrected chi connectivity index (χ3v) is 8.58. The minimum Gasteiger partial charge on any atom is -0.486 e. The number of esters is 1. The van der Waals surface area contributed by atoms with Crippen molar-refractivity contribution in [3.63, 3.8) is 0 Å². The quantitative estimate of drug-likeness (QED) is 0.502. The summed E-state index contributed by atoms with van der Waals surface area (Å²) in [6.07, 6.45) is 7.73. The van der Waals surface area contributed by atoms with Crippen molar-refractivity contribution in [3.05, 3.63) is 82.5 Å². The van der Waals surface area contributed by atoms with Crippen LogP contribution in [0.15, 0.2) is 54.4 Å². The maximum atomic E-state index is 15.0. The van der Waals surface area contributed by atoms with Crippen molar-refractivity contribution in [2.24, 2.45) is 0 Å². The molecule has 2 heterocycles. The summed E-state index contributed by atoms with van der Waals surface area (Å²) in [5, 5.41) is 3.35. The Morgan fingerprint density at radius 1 is 1.05 bits per heavy atom. The Morgan fingerprint density at radius 2 is 1.84 bits per heavy atom. The summed E-state index contributed by atoms with van der Waals surface area (Å²) in [5.74, 6) is 2.33. The predicted molar refractivity (Wildman–Crippen MR) is 141 cm³/mol. The number of aryl methyl sites for hydroxylation is 1. The van der Waals surface area contributed by atoms with Crippen molar-refractivity contribution >= 4 is 22.3 Å². The van der Waals surface area contributed by atoms with Crippen molar-refractivity contribution < 1.29 is 27.6 Å². The van der Waals surface area contributed by atoms with Gasteiger partial charge in [-0.1, -0.05) is 24.3 Å². The van der Waals surface area contributed by atoms with Crippen LogP contribution in [0.25, 0.3) is 5.57 Å². The highest BCUT2D eigenvalue weighted by molar-refractivity contribution is 7.85. The Morgan fingerprint density at radius 3 is 2.54 bits per heavy atom. The van der Waals surface area contributed by atoms with E-state index < -0.39 is 10.8 Å². The number of allylic oxidation sites excluding steroid dienone is 2. The standard InChI is InChI=1S/C29H32FNO5S/c1-34-28(32)13-4-19-2-6-21(7-3-19)35-26-11-9-24-23(8-10-25(30)29(24)26)20-5-12-27(31-18-20)36-22-14-16-37(33)17-15-22/h2-3,5-8,10,12,22,26,31H,4,9,11,13-18H2,1H3/t22?,26-,37?/m1/s1. The lowest BCUT2D eigenvalue weighted by molar-refractivity contribution is -0.140. The van der Waals surface area contributed by atoms with E-state index in [9.17, 15) is 9.00 Å². The highest BCUT2D eigenvalue weighted by Crippen LogP contribution is 2.40. The number of ether oxygens (including phenoxy) is 3. The molecule has 1 saturated heterocycles. The SMILES string of the molecule is COC(=O)CCc1ccc(O[C@@H]2CCc3c(C4=CC=C(OC5CCS(=O)CC5)NC4)ccc(F)c32)cc1. The molecule has 0 saturated carbocycles. The molecule has 6 nitrogen and oxygen atoms in total. The number of carbonyl (C=O) groups excluding carboxylic acids is 1. The molecular formula is C29H32FNO5S. The fourth-order valence-electron chi connectivity index (χ4n) is 5.15. The van der Waals surface area contributed by atoms with Gasteiger partial charge in [-0.15, -0.1) is 0 Å². The predicted octanol–water partition coefficient (Wildman–Crippen LogP) is 4.75. The molecule has 5 rings (SSSR count). The number of fused-ring (bicyclic) bond motifs is 1. The summed E-state index contributed by atoms with van der Waals surface area (Å²) in [4.78, 5) is 11.4. The van der Waals surface area contributed by atoms with E-state index in [-0.39, 0.29) is 24.0 Å². The molecular weight excluding hydrogens is 493 g/mol. The number of methoxy groups -OCH3 is 1. The van der Waals surface area contributed by atoms with Crippen molar-refractivity contribution in [1.29, 1.82) is 0 Å². The van der Waals surface area contributed by atoms with E-state index in [0.717, 1.165) is 47.4 Å². The molecule has 1 fully saturated rings. The van der Waals surface area contributed by atoms with Crippen LogP contribution < -0.4 is 10.1 Å². The minimum atomic E-state index is -0.709. The van der Waals surface area contributed by atoms with Crippen LogP contribution in [0.4, 0.5) is 4.39 Å². The number of carbonyl (C=O) groups is 1. The van der Waals surface area contributed by atoms with Gasteiger partial charge in [0.05, 0.1) is 7.11 Å². The molecule has 2 aromatic carbocycles. The van der Waals surface area contributed by atoms with Crippen LogP contribution in [0.3, 0.4) is 0 Å². The van der Waals surface area contributed by atoms with Gasteiger partial charge >= 0.3 is 5.97 Å². The maximum Gasteiger partial charge on any atom is 0.305 e. The third kappa shape index (κ3) is 6.06. The second-order valence-electron chi connectivity index (χ2n) is 9.59. The lowest BCUT2D eigenvalue weighted by Crippen LogP contribution is -2.30. The first-order valence-electron chi connectivity index (χ1n) is 12.8. The molecule has 2 aliphatic heterocycles. The first kappa shape index (κ1) is 25.5. The van der Waals surface area contributed by atoms with Gasteiger partial charge in [0.2, 0.25) is 0 Å². The monoisotopic (exact) mass is 525 g/mol. The Bertz CT molecular complexity index is 1230. The zero-order chi connectivity index (χ0) is 25.8. The summed E-state index contributed by atoms with van der Waals surface area (Å²) in [7, 11) is 0.677. The van der Waals surface area contributed by atoms with Gasteiger partial charge in [-0.2, -0.15) is 0 Å². The Kier molecular flexibility index (Phi) is 7.93. The summed E-state index contributed by atoms with van der Waals surface area (Å²) in [6, 6.07) is 11.0. The highest BCUT2D eigenvalue weighted by atomic mass is 32.2. The second kappa shape index (κ2) is 11.5. The molecule has 2 aromatic rings. The van der Waals surface area contributed by atoms with E-state index in [2.05, 4.69) is 5.32 Å². The smallest absolute Gasteiger partial charge is 0.305 e. The number of benzene rings is 2. The zero-order valence-corrected chi connectivity index (χ0v) is 21.8. The van der Waals surface area contributed by atoms with Crippen LogP contribution in [0.5, 0.6) is 5.75 Å². The molecule has 196 valence electrons. The molecule has 1 N–H and O–H groups in total. The third-order valence-electron chi connectivity index (χ3n) is 7.19. The lowest BCUT2D eigenvalue weighted by atomic mass is 9.95. The molecule has 8 heteroatoms. The normalized spacial score (nSPS) is 22.8. The van der Waals surface area contributed by atoms with Crippen molar-refractivity contribution in [1.82, 2.24) is 5.32 Å². The molecule has 0 aromatic heterocycles. The van der Waals surface area contributed by atoms with E-state index in [4.69, 9.17) is 14.2 Å². The number of rotatable bonds is 8. The van der Waals surface area contributed by atoms with Gasteiger partial charge in [-0.05, 0) is 78.6 Å². The van der Waals surface area contributed by atoms with Crippen LogP contribution in [-0.4, -0.2) is 41.4 Å². The Labute approximate surface area is 219 Å². The van der Waals surface area contributed by atoms with Gasteiger partial charge in [-0.3, -0.25) is 9.00 Å². The summed E-state index contributed by atoms with van der Waals surface area (Å²) < 4.78 is 43.6. The van der Waals surface area contributed by atoms with E-state index in [0.29, 0.717) is 48.6 Å². The average molecular weight is 526 g/mol. The zero-order valence-electron chi connectivity index (χ0n) is 21.0. The first-order valence-corrected chi connectivity index (χ1v) is 14.3.